The van der Waals surface area contributed by atoms with E-state index in [0.717, 1.165) is 0 Å². The number of hydrogen-bond donors (Lipinski definition) is 8. The van der Waals surface area contributed by atoms with Crippen LogP contribution >= 0.6 is 8.25 Å². The minimum Gasteiger partial charge on any atom is -0.394 e. The zero-order valence-electron chi connectivity index (χ0n) is 27.8. The van der Waals surface area contributed by atoms with Crippen LogP contribution in [-0.4, -0.2) is 161 Å². The zero-order chi connectivity index (χ0) is 37.4. The van der Waals surface area contributed by atoms with Gasteiger partial charge in [-0.2, -0.15) is 4.98 Å². The lowest BCUT2D eigenvalue weighted by Gasteiger charge is -2.42. The number of amides is 1. The maximum atomic E-state index is 12.3. The van der Waals surface area contributed by atoms with Crippen LogP contribution in [0.1, 0.15) is 18.8 Å². The van der Waals surface area contributed by atoms with E-state index in [1.807, 2.05) is 0 Å². The van der Waals surface area contributed by atoms with Gasteiger partial charge in [0.15, 0.2) is 23.7 Å². The second-order valence-electron chi connectivity index (χ2n) is 11.6. The Morgan fingerprint density at radius 1 is 1.06 bits per heavy atom. The normalized spacial score (nSPS) is 28.4. The van der Waals surface area contributed by atoms with Crippen LogP contribution in [0.15, 0.2) is 17.3 Å². The molecule has 290 valence electrons. The van der Waals surface area contributed by atoms with Gasteiger partial charge in [0, 0.05) is 6.92 Å². The number of anilines is 1. The molecule has 0 aromatic carbocycles. The van der Waals surface area contributed by atoms with E-state index in [-0.39, 0.29) is 56.8 Å². The van der Waals surface area contributed by atoms with Gasteiger partial charge >= 0.3 is 8.25 Å². The molecule has 9 N–H and O–H groups in total. The fourth-order valence-corrected chi connectivity index (χ4v) is 6.17. The Morgan fingerprint density at radius 3 is 2.50 bits per heavy atom. The SMILES string of the molecule is CC(=O)NC1C(OCCOCCOCCn2cc(CO[C@H]3C(O[PH](=O)O)[C@@H](CO)O[C@H]3n3cnc4c(=O)[nH]c(N)nc43)nn2)OC(CO)C(O)C1O. The van der Waals surface area contributed by atoms with E-state index in [2.05, 4.69) is 30.6 Å². The van der Waals surface area contributed by atoms with Gasteiger partial charge in [0.1, 0.15) is 48.4 Å². The van der Waals surface area contributed by atoms with E-state index >= 15 is 0 Å². The largest absolute Gasteiger partial charge is 0.394 e. The summed E-state index contributed by atoms with van der Waals surface area (Å²) in [5.41, 5.74) is 5.53. The number of rotatable bonds is 19. The van der Waals surface area contributed by atoms with Crippen LogP contribution in [0.5, 0.6) is 0 Å². The lowest BCUT2D eigenvalue weighted by Crippen LogP contribution is -2.64. The van der Waals surface area contributed by atoms with Crippen molar-refractivity contribution in [3.63, 3.8) is 0 Å². The number of aromatic amines is 1. The second-order valence-corrected chi connectivity index (χ2v) is 12.4. The van der Waals surface area contributed by atoms with Gasteiger partial charge in [-0.15, -0.1) is 5.10 Å². The molecule has 5 rings (SSSR count). The molecule has 1 amide bonds. The van der Waals surface area contributed by atoms with Crippen molar-refractivity contribution in [2.24, 2.45) is 0 Å². The third kappa shape index (κ3) is 9.73. The van der Waals surface area contributed by atoms with Crippen LogP contribution in [0.3, 0.4) is 0 Å². The van der Waals surface area contributed by atoms with Gasteiger partial charge in [0.25, 0.3) is 5.56 Å². The molecule has 5 heterocycles. The monoisotopic (exact) mass is 763 g/mol. The first-order valence-corrected chi connectivity index (χ1v) is 17.3. The van der Waals surface area contributed by atoms with Gasteiger partial charge in [0.05, 0.1) is 71.9 Å². The molecular weight excluding hydrogens is 721 g/mol. The Kier molecular flexibility index (Phi) is 14.1. The Labute approximate surface area is 294 Å². The number of ether oxygens (including phenoxy) is 6. The summed E-state index contributed by atoms with van der Waals surface area (Å²) in [6, 6.07) is -1.05. The van der Waals surface area contributed by atoms with Gasteiger partial charge in [0.2, 0.25) is 11.9 Å². The number of nitrogens with two attached hydrogens (primary N) is 1. The fourth-order valence-electron chi connectivity index (χ4n) is 5.66. The number of nitrogens with zero attached hydrogens (tertiary/aromatic N) is 6. The minimum absolute atomic E-state index is 0.0237. The summed E-state index contributed by atoms with van der Waals surface area (Å²) in [7, 11) is -3.49. The number of aliphatic hydroxyl groups is 4. The van der Waals surface area contributed by atoms with Crippen molar-refractivity contribution < 1.29 is 67.6 Å². The first-order chi connectivity index (χ1) is 25.0. The maximum Gasteiger partial charge on any atom is 0.317 e. The van der Waals surface area contributed by atoms with E-state index in [1.54, 1.807) is 6.20 Å². The highest BCUT2D eigenvalue weighted by atomic mass is 31.1. The fraction of sp³-hybridized carbons (Fsp3) is 0.704. The maximum absolute atomic E-state index is 12.3. The number of nitrogens with one attached hydrogen (secondary N) is 2. The molecule has 0 spiro atoms. The molecule has 24 nitrogen and oxygen atoms in total. The summed E-state index contributed by atoms with van der Waals surface area (Å²) in [6.45, 7) is 1.13. The molecule has 52 heavy (non-hydrogen) atoms. The number of carbonyl (C=O) groups is 1. The third-order valence-corrected chi connectivity index (χ3v) is 8.51. The molecule has 2 saturated heterocycles. The van der Waals surface area contributed by atoms with Crippen molar-refractivity contribution in [2.75, 3.05) is 52.0 Å². The Balaban J connectivity index is 1.06. The highest BCUT2D eigenvalue weighted by molar-refractivity contribution is 7.32. The average molecular weight is 764 g/mol. The highest BCUT2D eigenvalue weighted by Crippen LogP contribution is 2.39. The van der Waals surface area contributed by atoms with Crippen LogP contribution in [0.25, 0.3) is 11.2 Å². The van der Waals surface area contributed by atoms with Crippen molar-refractivity contribution >= 4 is 31.3 Å². The van der Waals surface area contributed by atoms with Crippen LogP contribution in [0.2, 0.25) is 0 Å². The lowest BCUT2D eigenvalue weighted by atomic mass is 9.97. The molecule has 2 aliphatic heterocycles. The van der Waals surface area contributed by atoms with E-state index in [4.69, 9.17) is 38.7 Å². The molecule has 25 heteroatoms. The molecule has 3 aromatic rings. The molecule has 10 atom stereocenters. The summed E-state index contributed by atoms with van der Waals surface area (Å²) < 4.78 is 53.8. The van der Waals surface area contributed by atoms with Gasteiger partial charge in [-0.3, -0.25) is 23.7 Å². The van der Waals surface area contributed by atoms with E-state index in [1.165, 1.54) is 22.5 Å². The van der Waals surface area contributed by atoms with Crippen LogP contribution < -0.4 is 16.6 Å². The molecule has 0 radical (unpaired) electrons. The van der Waals surface area contributed by atoms with E-state index in [9.17, 15) is 39.5 Å². The number of carbonyl (C=O) groups excluding carboxylic acids is 1. The zero-order valence-corrected chi connectivity index (χ0v) is 28.8. The molecule has 0 aliphatic carbocycles. The smallest absolute Gasteiger partial charge is 0.317 e. The number of imidazole rings is 1. The van der Waals surface area contributed by atoms with Crippen molar-refractivity contribution in [1.29, 1.82) is 0 Å². The molecule has 2 fully saturated rings. The number of fused-ring (bicyclic) bond motifs is 1. The molecule has 3 aromatic heterocycles. The number of nitrogen functional groups attached to an aromatic ring is 1. The molecule has 0 bridgehead atoms. The van der Waals surface area contributed by atoms with Crippen LogP contribution in [0, 0.1) is 0 Å². The Hall–Kier alpha value is -3.49. The highest BCUT2D eigenvalue weighted by Gasteiger charge is 2.49. The number of aliphatic hydroxyl groups excluding tert-OH is 4. The topological polar surface area (TPSA) is 332 Å². The average Bonchev–Trinajstić information content (AvgIpc) is 3.82. The molecule has 7 unspecified atom stereocenters. The first-order valence-electron chi connectivity index (χ1n) is 16.1. The summed E-state index contributed by atoms with van der Waals surface area (Å²) in [6.07, 6.45) is -6.62. The molecular formula is C27H42N9O15P. The molecule has 0 saturated carbocycles. The van der Waals surface area contributed by atoms with Crippen LogP contribution in [-0.2, 0) is 55.5 Å². The van der Waals surface area contributed by atoms with Crippen molar-refractivity contribution in [1.82, 2.24) is 39.8 Å². The third-order valence-electron chi connectivity index (χ3n) is 8.03. The predicted molar refractivity (Wildman–Crippen MR) is 171 cm³/mol. The number of hydrogen-bond acceptors (Lipinski definition) is 19. The van der Waals surface area contributed by atoms with Gasteiger partial charge < -0.3 is 69.3 Å². The minimum atomic E-state index is -3.49. The Bertz CT molecular complexity index is 1690. The van der Waals surface area contributed by atoms with Gasteiger partial charge in [-0.05, 0) is 0 Å². The van der Waals surface area contributed by atoms with Crippen molar-refractivity contribution in [2.45, 2.75) is 75.3 Å². The lowest BCUT2D eigenvalue weighted by molar-refractivity contribution is -0.272. The second kappa shape index (κ2) is 18.5. The van der Waals surface area contributed by atoms with E-state index < -0.39 is 88.1 Å². The first kappa shape index (κ1) is 39.7. The standard InChI is InChI=1S/C27H42N9O15P/c1-13(39)30-17-20(41)19(40)15(9-37)50-26(17)47-7-6-46-5-4-45-3-2-35-8-14(33-34-35)11-48-22-21(51-52(43)44)16(10-38)49-25(22)36-12-29-18-23(36)31-27(28)32-24(18)42/h8,12,15-17,19-22,25-26,37-38,40-41,52H,2-7,9-11H2,1H3,(H,30,39)(H,43,44)(H3,28,31,32,42)/t15?,16-,17?,19?,20?,21?,22+,25-,26?/m1/s1. The van der Waals surface area contributed by atoms with Crippen molar-refractivity contribution in [3.8, 4) is 0 Å². The van der Waals surface area contributed by atoms with Gasteiger partial charge in [-0.1, -0.05) is 5.21 Å². The molecule has 2 aliphatic rings. The van der Waals surface area contributed by atoms with Crippen molar-refractivity contribution in [3.05, 3.63) is 28.6 Å². The van der Waals surface area contributed by atoms with Crippen LogP contribution in [0.4, 0.5) is 5.95 Å². The summed E-state index contributed by atoms with van der Waals surface area (Å²) in [5.74, 6) is -0.635. The number of H-pyrrole nitrogens is 1. The number of aromatic nitrogens is 7. The summed E-state index contributed by atoms with van der Waals surface area (Å²) in [4.78, 5) is 43.9. The Morgan fingerprint density at radius 2 is 1.79 bits per heavy atom. The van der Waals surface area contributed by atoms with E-state index in [0.29, 0.717) is 12.2 Å². The summed E-state index contributed by atoms with van der Waals surface area (Å²) >= 11 is 0. The quantitative estimate of drug-likeness (QED) is 0.0421. The van der Waals surface area contributed by atoms with Gasteiger partial charge in [-0.25, -0.2) is 9.67 Å². The summed E-state index contributed by atoms with van der Waals surface area (Å²) in [5, 5.41) is 50.3. The predicted octanol–water partition coefficient (Wildman–Crippen LogP) is -4.47.